The second kappa shape index (κ2) is 15.5. The van der Waals surface area contributed by atoms with E-state index >= 15 is 0 Å². The molecule has 0 bridgehead atoms. The molecule has 2 aromatic carbocycles. The van der Waals surface area contributed by atoms with Crippen LogP contribution in [0.2, 0.25) is 0 Å². The highest BCUT2D eigenvalue weighted by Crippen LogP contribution is 2.32. The summed E-state index contributed by atoms with van der Waals surface area (Å²) >= 11 is 5.61. The Bertz CT molecular complexity index is 1400. The lowest BCUT2D eigenvalue weighted by molar-refractivity contribution is -0.138. The fourth-order valence-corrected chi connectivity index (χ4v) is 4.82. The van der Waals surface area contributed by atoms with Crippen LogP contribution < -0.4 is 10.6 Å². The molecule has 0 atom stereocenters. The number of alkyl halides is 3. The van der Waals surface area contributed by atoms with Crippen LogP contribution in [-0.4, -0.2) is 57.3 Å². The van der Waals surface area contributed by atoms with E-state index in [1.807, 2.05) is 23.6 Å². The van der Waals surface area contributed by atoms with E-state index in [2.05, 4.69) is 21.7 Å². The molecule has 8 nitrogen and oxygen atoms in total. The first-order valence-corrected chi connectivity index (χ1v) is 14.4. The van der Waals surface area contributed by atoms with Gasteiger partial charge in [-0.15, -0.1) is 0 Å². The van der Waals surface area contributed by atoms with Gasteiger partial charge in [-0.1, -0.05) is 30.3 Å². The van der Waals surface area contributed by atoms with Crippen molar-refractivity contribution in [2.45, 2.75) is 58.4 Å². The molecule has 1 amide bonds. The summed E-state index contributed by atoms with van der Waals surface area (Å²) in [6, 6.07) is 14.7. The number of thiocarbonyl (C=S) groups is 1. The number of imidazole rings is 1. The molecule has 0 saturated carbocycles. The fourth-order valence-electron chi connectivity index (χ4n) is 4.59. The Balaban J connectivity index is 1.70. The third-order valence-corrected chi connectivity index (χ3v) is 6.96. The molecule has 0 spiro atoms. The Morgan fingerprint density at radius 1 is 1.16 bits per heavy atom. The van der Waals surface area contributed by atoms with Crippen molar-refractivity contribution in [2.75, 3.05) is 26.3 Å². The van der Waals surface area contributed by atoms with Crippen molar-refractivity contribution in [3.05, 3.63) is 89.0 Å². The number of nitrogens with one attached hydrogen (secondary N) is 2. The van der Waals surface area contributed by atoms with Gasteiger partial charge in [0.1, 0.15) is 0 Å². The second-order valence-corrected chi connectivity index (χ2v) is 11.1. The van der Waals surface area contributed by atoms with Crippen LogP contribution in [0.1, 0.15) is 55.1 Å². The predicted octanol–water partition coefficient (Wildman–Crippen LogP) is 5.06. The number of nitriles is 1. The van der Waals surface area contributed by atoms with E-state index < -0.39 is 17.3 Å². The van der Waals surface area contributed by atoms with Crippen molar-refractivity contribution in [3.63, 3.8) is 0 Å². The van der Waals surface area contributed by atoms with Gasteiger partial charge in [0, 0.05) is 51.3 Å². The molecule has 2 N–H and O–H groups in total. The third-order valence-electron chi connectivity index (χ3n) is 6.56. The fraction of sp³-hybridized carbons (Fsp3) is 0.419. The lowest BCUT2D eigenvalue weighted by Crippen LogP contribution is -2.54. The van der Waals surface area contributed by atoms with Crippen LogP contribution in [0.15, 0.2) is 61.1 Å². The number of carbonyl (C=O) groups excluding carboxylic acids is 1. The van der Waals surface area contributed by atoms with Gasteiger partial charge in [0.2, 0.25) is 5.91 Å². The van der Waals surface area contributed by atoms with Crippen LogP contribution in [0.3, 0.4) is 0 Å². The number of ether oxygens (including phenoxy) is 1. The van der Waals surface area contributed by atoms with Crippen molar-refractivity contribution in [3.8, 4) is 6.07 Å². The van der Waals surface area contributed by atoms with Crippen LogP contribution in [0, 0.1) is 11.3 Å². The maximum Gasteiger partial charge on any atom is 0.416 e. The number of amides is 1. The molecule has 43 heavy (non-hydrogen) atoms. The number of hydrogen-bond acceptors (Lipinski definition) is 5. The molecular formula is C31H37F3N6O2S. The number of hydrogen-bond donors (Lipinski definition) is 2. The number of rotatable bonds is 14. The van der Waals surface area contributed by atoms with Crippen LogP contribution in [0.5, 0.6) is 0 Å². The molecule has 230 valence electrons. The van der Waals surface area contributed by atoms with Gasteiger partial charge >= 0.3 is 6.18 Å². The molecule has 0 aliphatic heterocycles. The lowest BCUT2D eigenvalue weighted by Gasteiger charge is -2.35. The summed E-state index contributed by atoms with van der Waals surface area (Å²) < 4.78 is 48.5. The Morgan fingerprint density at radius 2 is 1.88 bits per heavy atom. The molecule has 0 fully saturated rings. The molecule has 1 heterocycles. The number of halogens is 3. The van der Waals surface area contributed by atoms with E-state index in [1.54, 1.807) is 49.5 Å². The first kappa shape index (κ1) is 33.6. The maximum absolute atomic E-state index is 13.8. The van der Waals surface area contributed by atoms with Gasteiger partial charge in [-0.2, -0.15) is 18.4 Å². The Labute approximate surface area is 255 Å². The molecule has 0 saturated heterocycles. The maximum atomic E-state index is 13.8. The van der Waals surface area contributed by atoms with Crippen molar-refractivity contribution in [1.82, 2.24) is 25.1 Å². The summed E-state index contributed by atoms with van der Waals surface area (Å²) in [6.07, 6.45) is -0.521. The van der Waals surface area contributed by atoms with Gasteiger partial charge in [0.05, 0.1) is 35.5 Å². The zero-order chi connectivity index (χ0) is 31.5. The summed E-state index contributed by atoms with van der Waals surface area (Å²) in [4.78, 5) is 19.0. The molecule has 0 aliphatic carbocycles. The highest BCUT2D eigenvalue weighted by Gasteiger charge is 2.34. The topological polar surface area (TPSA) is 95.2 Å². The molecule has 0 unspecified atom stereocenters. The SMILES string of the molecule is CCOCCCNC(=S)N(Cc1ccccc1C(F)(F)F)CC(C)(C)NC(=O)Cc1cncn1Cc1ccc(C#N)cc1. The van der Waals surface area contributed by atoms with E-state index in [4.69, 9.17) is 22.2 Å². The normalized spacial score (nSPS) is 11.6. The van der Waals surface area contributed by atoms with E-state index in [9.17, 15) is 18.0 Å². The highest BCUT2D eigenvalue weighted by atomic mass is 32.1. The Kier molecular flexibility index (Phi) is 12.1. The minimum atomic E-state index is -4.51. The molecule has 0 radical (unpaired) electrons. The Hall–Kier alpha value is -3.95. The van der Waals surface area contributed by atoms with Crippen LogP contribution in [0.25, 0.3) is 0 Å². The van der Waals surface area contributed by atoms with Crippen molar-refractivity contribution < 1.29 is 22.7 Å². The van der Waals surface area contributed by atoms with Gasteiger partial charge in [-0.05, 0) is 68.7 Å². The average Bonchev–Trinajstić information content (AvgIpc) is 3.38. The minimum Gasteiger partial charge on any atom is -0.382 e. The summed E-state index contributed by atoms with van der Waals surface area (Å²) in [5, 5.41) is 15.4. The molecule has 3 aromatic rings. The van der Waals surface area contributed by atoms with Gasteiger partial charge in [-0.25, -0.2) is 4.98 Å². The number of carbonyl (C=O) groups is 1. The first-order valence-electron chi connectivity index (χ1n) is 14.0. The van der Waals surface area contributed by atoms with E-state index in [0.29, 0.717) is 44.0 Å². The molecule has 0 aliphatic rings. The number of nitrogens with zero attached hydrogens (tertiary/aromatic N) is 4. The average molecular weight is 615 g/mol. The third kappa shape index (κ3) is 10.7. The Morgan fingerprint density at radius 3 is 2.56 bits per heavy atom. The van der Waals surface area contributed by atoms with Crippen LogP contribution in [0.4, 0.5) is 13.2 Å². The van der Waals surface area contributed by atoms with Crippen molar-refractivity contribution >= 4 is 23.2 Å². The summed E-state index contributed by atoms with van der Waals surface area (Å²) in [5.41, 5.74) is 0.724. The molecule has 12 heteroatoms. The van der Waals surface area contributed by atoms with Gasteiger partial charge in [-0.3, -0.25) is 4.79 Å². The van der Waals surface area contributed by atoms with E-state index in [0.717, 1.165) is 11.6 Å². The van der Waals surface area contributed by atoms with Crippen LogP contribution >= 0.6 is 12.2 Å². The molecule has 3 rings (SSSR count). The van der Waals surface area contributed by atoms with Gasteiger partial charge < -0.3 is 24.8 Å². The summed E-state index contributed by atoms with van der Waals surface area (Å²) in [7, 11) is 0. The largest absolute Gasteiger partial charge is 0.416 e. The van der Waals surface area contributed by atoms with Crippen molar-refractivity contribution in [1.29, 1.82) is 5.26 Å². The molecule has 1 aromatic heterocycles. The number of benzene rings is 2. The summed E-state index contributed by atoms with van der Waals surface area (Å²) in [5.74, 6) is -0.266. The van der Waals surface area contributed by atoms with Crippen LogP contribution in [-0.2, 0) is 35.2 Å². The van der Waals surface area contributed by atoms with Gasteiger partial charge in [0.25, 0.3) is 0 Å². The zero-order valence-electron chi connectivity index (χ0n) is 24.6. The number of aromatic nitrogens is 2. The molecular weight excluding hydrogens is 577 g/mol. The van der Waals surface area contributed by atoms with Gasteiger partial charge in [0.15, 0.2) is 5.11 Å². The lowest BCUT2D eigenvalue weighted by atomic mass is 10.0. The highest BCUT2D eigenvalue weighted by molar-refractivity contribution is 7.80. The van der Waals surface area contributed by atoms with E-state index in [1.165, 1.54) is 12.1 Å². The van der Waals surface area contributed by atoms with E-state index in [-0.39, 0.29) is 36.1 Å². The smallest absolute Gasteiger partial charge is 0.382 e. The quantitative estimate of drug-likeness (QED) is 0.194. The summed E-state index contributed by atoms with van der Waals surface area (Å²) in [6.45, 7) is 7.67. The minimum absolute atomic E-state index is 0.0523. The van der Waals surface area contributed by atoms with Crippen molar-refractivity contribution in [2.24, 2.45) is 0 Å². The zero-order valence-corrected chi connectivity index (χ0v) is 25.4. The first-order chi connectivity index (χ1) is 20.4. The monoisotopic (exact) mass is 614 g/mol. The predicted molar refractivity (Wildman–Crippen MR) is 162 cm³/mol. The second-order valence-electron chi connectivity index (χ2n) is 10.7. The standard InChI is InChI=1S/C31H37F3N6O2S/c1-4-42-15-7-14-37-29(43)39(20-25-8-5-6-9-27(25)31(32,33)34)21-30(2,3)38-28(41)16-26-18-36-22-40(26)19-24-12-10-23(17-35)11-13-24/h5-6,8-13,18,22H,4,7,14-16,19-21H2,1-3H3,(H,37,43)(H,38,41).